The van der Waals surface area contributed by atoms with E-state index in [9.17, 15) is 65.9 Å². The second-order valence-corrected chi connectivity index (χ2v) is 26.4. The number of hydrogen-bond donors (Lipinski definition) is 4. The summed E-state index contributed by atoms with van der Waals surface area (Å²) >= 11 is 6.09. The predicted octanol–water partition coefficient (Wildman–Crippen LogP) is 5.02. The van der Waals surface area contributed by atoms with Crippen LogP contribution in [0.5, 0.6) is 0 Å². The summed E-state index contributed by atoms with van der Waals surface area (Å²) in [5, 5.41) is 10.7. The van der Waals surface area contributed by atoms with Crippen molar-refractivity contribution in [1.82, 2.24) is 55.6 Å². The molecular weight excluding hydrogens is 1180 g/mol. The lowest BCUT2D eigenvalue weighted by Crippen LogP contribution is -2.64. The summed E-state index contributed by atoms with van der Waals surface area (Å²) in [7, 11) is 8.47. The van der Waals surface area contributed by atoms with E-state index in [1.165, 1.54) is 74.9 Å². The SMILES string of the molecule is CCC(C)[C@@H]1NC(=O)[C@H](CC(C)C)N(C)C(=O)C[C@@H](C)NC(=O)[C@H](C(C)C)N(C)C(=O)[C@](C)(CC)NC(=O)[C@@H]2CCCN2C(=O)[C@H](CCc2ccc(C(F)(F)F)c(Cl)c2)NC(=O)CN(C)C(=O)[C@H](CC2CCCCC2)N(C)C(=O)CN(C)C(=O)CN(C)C1=O. The van der Waals surface area contributed by atoms with Gasteiger partial charge >= 0.3 is 6.18 Å². The quantitative estimate of drug-likeness (QED) is 0.229. The number of nitrogens with one attached hydrogen (secondary N) is 4. The number of carbonyl (C=O) groups is 11. The first-order valence-corrected chi connectivity index (χ1v) is 31.8. The van der Waals surface area contributed by atoms with Crippen molar-refractivity contribution in [2.24, 2.45) is 23.7 Å². The minimum absolute atomic E-state index is 0.0307. The summed E-state index contributed by atoms with van der Waals surface area (Å²) in [5.74, 6) is -8.09. The molecule has 22 nitrogen and oxygen atoms in total. The number of aryl methyl sites for hydroxylation is 1. The van der Waals surface area contributed by atoms with Crippen molar-refractivity contribution in [3.05, 3.63) is 34.3 Å². The molecule has 1 aliphatic carbocycles. The Morgan fingerprint density at radius 2 is 1.28 bits per heavy atom. The number of rotatable bonds is 11. The van der Waals surface area contributed by atoms with Crippen LogP contribution < -0.4 is 21.3 Å². The van der Waals surface area contributed by atoms with Crippen molar-refractivity contribution in [3.8, 4) is 0 Å². The highest BCUT2D eigenvalue weighted by Gasteiger charge is 2.46. The maximum absolute atomic E-state index is 14.9. The fourth-order valence-electron chi connectivity index (χ4n) is 12.1. The zero-order valence-corrected chi connectivity index (χ0v) is 55.7. The van der Waals surface area contributed by atoms with Gasteiger partial charge in [-0.1, -0.05) is 105 Å². The van der Waals surface area contributed by atoms with Crippen molar-refractivity contribution in [3.63, 3.8) is 0 Å². The molecule has 89 heavy (non-hydrogen) atoms. The zero-order chi connectivity index (χ0) is 67.2. The third-order valence-corrected chi connectivity index (χ3v) is 18.3. The average molecular weight is 1280 g/mol. The Bertz CT molecular complexity index is 2710. The second kappa shape index (κ2) is 33.0. The number of hydrogen-bond acceptors (Lipinski definition) is 11. The first kappa shape index (κ1) is 74.9. The van der Waals surface area contributed by atoms with E-state index < -0.39 is 161 Å². The van der Waals surface area contributed by atoms with Crippen LogP contribution in [0.25, 0.3) is 0 Å². The lowest BCUT2D eigenvalue weighted by atomic mass is 9.84. The van der Waals surface area contributed by atoms with Gasteiger partial charge in [0.25, 0.3) is 0 Å². The van der Waals surface area contributed by atoms with E-state index in [1.54, 1.807) is 34.6 Å². The van der Waals surface area contributed by atoms with Gasteiger partial charge < -0.3 is 55.6 Å². The molecule has 3 aliphatic rings. The minimum atomic E-state index is -4.75. The average Bonchev–Trinajstić information content (AvgIpc) is 2.26. The van der Waals surface area contributed by atoms with Gasteiger partial charge in [-0.2, -0.15) is 13.2 Å². The van der Waals surface area contributed by atoms with Crippen LogP contribution in [0.4, 0.5) is 13.2 Å². The fourth-order valence-corrected chi connectivity index (χ4v) is 12.4. The molecule has 9 atom stereocenters. The molecule has 0 bridgehead atoms. The highest BCUT2D eigenvalue weighted by molar-refractivity contribution is 6.31. The first-order chi connectivity index (χ1) is 41.5. The van der Waals surface area contributed by atoms with E-state index in [4.69, 9.17) is 11.6 Å². The number of nitrogens with zero attached hydrogens (tertiary/aromatic N) is 7. The van der Waals surface area contributed by atoms with E-state index in [-0.39, 0.29) is 63.3 Å². The van der Waals surface area contributed by atoms with Crippen LogP contribution in [0.3, 0.4) is 0 Å². The molecule has 4 rings (SSSR count). The van der Waals surface area contributed by atoms with E-state index in [1.807, 2.05) is 20.8 Å². The predicted molar refractivity (Wildman–Crippen MR) is 330 cm³/mol. The smallest absolute Gasteiger partial charge is 0.351 e. The minimum Gasteiger partial charge on any atom is -0.351 e. The Labute approximate surface area is 528 Å². The Morgan fingerprint density at radius 1 is 0.674 bits per heavy atom. The highest BCUT2D eigenvalue weighted by atomic mass is 35.5. The number of alkyl halides is 3. The summed E-state index contributed by atoms with van der Waals surface area (Å²) in [6, 6.07) is -4.71. The normalized spacial score (nSPS) is 26.8. The van der Waals surface area contributed by atoms with Gasteiger partial charge in [0, 0.05) is 61.3 Å². The van der Waals surface area contributed by atoms with Crippen LogP contribution in [-0.4, -0.2) is 216 Å². The number of likely N-dealkylation sites (N-methyl/N-ethyl adjacent to an activating group) is 6. The summed E-state index contributed by atoms with van der Waals surface area (Å²) in [6.07, 6.45) is 0.468. The van der Waals surface area contributed by atoms with Crippen LogP contribution >= 0.6 is 11.6 Å². The van der Waals surface area contributed by atoms with Gasteiger partial charge in [-0.3, -0.25) is 52.7 Å². The van der Waals surface area contributed by atoms with E-state index in [0.29, 0.717) is 18.4 Å². The van der Waals surface area contributed by atoms with Crippen molar-refractivity contribution in [1.29, 1.82) is 0 Å². The first-order valence-electron chi connectivity index (χ1n) is 31.4. The monoisotopic (exact) mass is 1280 g/mol. The molecule has 1 saturated carbocycles. The molecule has 4 N–H and O–H groups in total. The van der Waals surface area contributed by atoms with Gasteiger partial charge in [0.2, 0.25) is 65.0 Å². The molecular formula is C63H99ClF3N11O11. The topological polar surface area (TPSA) is 259 Å². The van der Waals surface area contributed by atoms with Crippen molar-refractivity contribution < 1.29 is 65.9 Å². The summed E-state index contributed by atoms with van der Waals surface area (Å²) in [4.78, 5) is 167. The molecule has 0 radical (unpaired) electrons. The van der Waals surface area contributed by atoms with Gasteiger partial charge in [0.05, 0.1) is 30.2 Å². The molecule has 500 valence electrons. The van der Waals surface area contributed by atoms with Crippen LogP contribution in [0.1, 0.15) is 157 Å². The van der Waals surface area contributed by atoms with Gasteiger partial charge in [-0.25, -0.2) is 0 Å². The van der Waals surface area contributed by atoms with Crippen molar-refractivity contribution in [2.75, 3.05) is 68.5 Å². The lowest BCUT2D eigenvalue weighted by molar-refractivity contribution is -0.149. The maximum Gasteiger partial charge on any atom is 0.417 e. The molecule has 1 aromatic rings. The number of halogens is 4. The summed E-state index contributed by atoms with van der Waals surface area (Å²) in [5.41, 5.74) is -2.42. The van der Waals surface area contributed by atoms with Crippen LogP contribution in [0, 0.1) is 23.7 Å². The third-order valence-electron chi connectivity index (χ3n) is 18.0. The lowest BCUT2D eigenvalue weighted by Gasteiger charge is -2.39. The van der Waals surface area contributed by atoms with Crippen molar-refractivity contribution in [2.45, 2.75) is 206 Å². The molecule has 2 heterocycles. The van der Waals surface area contributed by atoms with Gasteiger partial charge in [0.15, 0.2) is 0 Å². The number of fused-ring (bicyclic) bond motifs is 1. The van der Waals surface area contributed by atoms with Crippen LogP contribution in [0.15, 0.2) is 18.2 Å². The van der Waals surface area contributed by atoms with E-state index in [0.717, 1.165) is 58.9 Å². The number of carbonyl (C=O) groups excluding carboxylic acids is 11. The molecule has 0 spiro atoms. The maximum atomic E-state index is 14.9. The Kier molecular flexibility index (Phi) is 27.8. The standard InChI is InChI=1S/C63H99ClF3N11O11/c1-16-39(7)53-60(88)74(12)35-51(81)72(10)36-52(82)76(14)48(33-41-22-19-18-20-23-41)59(87)73(11)34-49(79)69-45(28-26-42-25-27-43(44(64)32-42)63(65,66)67)58(86)78-29-21-24-46(78)56(84)71-62(9,17-2)61(89)77(15)54(38(5)6)57(85)68-40(8)31-50(80)75(13)47(30-37(3)4)55(83)70-53/h25,27,32,37-41,45-48,53-54H,16-24,26,28-31,33-36H2,1-15H3,(H,68,85)(H,69,79)(H,70,83)(H,71,84)/t39?,40-,45+,46+,47+,48+,53+,54+,62+/m1/s1. The van der Waals surface area contributed by atoms with E-state index in [2.05, 4.69) is 21.3 Å². The molecule has 2 aliphatic heterocycles. The largest absolute Gasteiger partial charge is 0.417 e. The zero-order valence-electron chi connectivity index (χ0n) is 54.9. The summed E-state index contributed by atoms with van der Waals surface area (Å²) < 4.78 is 41.2. The van der Waals surface area contributed by atoms with Gasteiger partial charge in [-0.15, -0.1) is 0 Å². The molecule has 0 aromatic heterocycles. The highest BCUT2D eigenvalue weighted by Crippen LogP contribution is 2.36. The van der Waals surface area contributed by atoms with Crippen molar-refractivity contribution >= 4 is 76.6 Å². The Balaban J connectivity index is 1.80. The number of benzene rings is 1. The van der Waals surface area contributed by atoms with Gasteiger partial charge in [0.1, 0.15) is 41.8 Å². The molecule has 26 heteroatoms. The fraction of sp³-hybridized carbons (Fsp3) is 0.730. The summed E-state index contributed by atoms with van der Waals surface area (Å²) in [6.45, 7) is 14.0. The second-order valence-electron chi connectivity index (χ2n) is 26.0. The molecule has 3 fully saturated rings. The number of amides is 11. The Morgan fingerprint density at radius 3 is 1.85 bits per heavy atom. The third kappa shape index (κ3) is 20.2. The molecule has 11 amide bonds. The molecule has 1 unspecified atom stereocenters. The van der Waals surface area contributed by atoms with Crippen LogP contribution in [0.2, 0.25) is 5.02 Å². The molecule has 2 saturated heterocycles. The van der Waals surface area contributed by atoms with Gasteiger partial charge in [-0.05, 0) is 100 Å². The Hall–Kier alpha value is -6.53. The van der Waals surface area contributed by atoms with E-state index >= 15 is 0 Å². The van der Waals surface area contributed by atoms with Crippen LogP contribution in [-0.2, 0) is 65.3 Å². The molecule has 1 aromatic carbocycles.